The number of halogens is 2. The van der Waals surface area contributed by atoms with Gasteiger partial charge in [-0.15, -0.1) is 0 Å². The minimum atomic E-state index is -0.882. The second-order valence-corrected chi connectivity index (χ2v) is 6.20. The molecule has 4 N–H and O–H groups in total. The fourth-order valence-corrected chi connectivity index (χ4v) is 2.61. The lowest BCUT2D eigenvalue weighted by molar-refractivity contribution is -0.383. The zero-order chi connectivity index (χ0) is 22.4. The van der Waals surface area contributed by atoms with Crippen LogP contribution in [0.3, 0.4) is 0 Å². The molecule has 0 saturated heterocycles. The summed E-state index contributed by atoms with van der Waals surface area (Å²) in [5.41, 5.74) is 8.11. The molecule has 11 nitrogen and oxygen atoms in total. The van der Waals surface area contributed by atoms with Crippen molar-refractivity contribution in [2.24, 2.45) is 0 Å². The summed E-state index contributed by atoms with van der Waals surface area (Å²) in [5.74, 6) is -3.10. The number of anilines is 2. The summed E-state index contributed by atoms with van der Waals surface area (Å²) < 4.78 is 13.7. The van der Waals surface area contributed by atoms with Crippen LogP contribution in [0.15, 0.2) is 54.9 Å². The molecule has 0 radical (unpaired) electrons. The van der Waals surface area contributed by atoms with Crippen molar-refractivity contribution in [1.82, 2.24) is 20.8 Å². The van der Waals surface area contributed by atoms with E-state index in [1.165, 1.54) is 30.3 Å². The van der Waals surface area contributed by atoms with Crippen molar-refractivity contribution in [3.05, 3.63) is 86.9 Å². The number of nitro groups is 1. The summed E-state index contributed by atoms with van der Waals surface area (Å²) in [6, 6.07) is 11.4. The Morgan fingerprint density at radius 1 is 0.903 bits per heavy atom. The predicted octanol–water partition coefficient (Wildman–Crippen LogP) is 2.69. The molecule has 0 aliphatic carbocycles. The van der Waals surface area contributed by atoms with E-state index in [2.05, 4.69) is 31.7 Å². The van der Waals surface area contributed by atoms with Gasteiger partial charge in [-0.25, -0.2) is 14.4 Å². The Balaban J connectivity index is 1.76. The van der Waals surface area contributed by atoms with Crippen LogP contribution in [0.2, 0.25) is 5.02 Å². The summed E-state index contributed by atoms with van der Waals surface area (Å²) >= 11 is 5.94. The van der Waals surface area contributed by atoms with Crippen LogP contribution in [0.1, 0.15) is 20.7 Å². The van der Waals surface area contributed by atoms with E-state index < -0.39 is 34.1 Å². The number of carbonyl (C=O) groups excluding carboxylic acids is 2. The molecule has 0 bridgehead atoms. The molecule has 2 amide bonds. The van der Waals surface area contributed by atoms with Crippen molar-refractivity contribution in [2.45, 2.75) is 0 Å². The number of nitrogens with zero attached hydrogens (tertiary/aromatic N) is 3. The Labute approximate surface area is 178 Å². The molecule has 0 unspecified atom stereocenters. The van der Waals surface area contributed by atoms with Gasteiger partial charge in [-0.3, -0.25) is 41.4 Å². The minimum absolute atomic E-state index is 0.129. The molecule has 0 aliphatic rings. The molecule has 0 saturated carbocycles. The number of hydrazine groups is 2. The van der Waals surface area contributed by atoms with Gasteiger partial charge in [-0.1, -0.05) is 35.9 Å². The Hall–Kier alpha value is -4.32. The summed E-state index contributed by atoms with van der Waals surface area (Å²) in [5, 5.41) is 11.7. The van der Waals surface area contributed by atoms with Crippen molar-refractivity contribution in [3.8, 4) is 0 Å². The van der Waals surface area contributed by atoms with Crippen molar-refractivity contribution >= 4 is 40.7 Å². The summed E-state index contributed by atoms with van der Waals surface area (Å²) in [6.45, 7) is 0. The van der Waals surface area contributed by atoms with Gasteiger partial charge in [0, 0.05) is 0 Å². The number of aromatic nitrogens is 2. The lowest BCUT2D eigenvalue weighted by Gasteiger charge is -2.12. The highest BCUT2D eigenvalue weighted by Crippen LogP contribution is 2.28. The molecule has 158 valence electrons. The van der Waals surface area contributed by atoms with E-state index in [1.54, 1.807) is 12.1 Å². The maximum absolute atomic E-state index is 13.7. The monoisotopic (exact) mass is 445 g/mol. The van der Waals surface area contributed by atoms with Crippen molar-refractivity contribution < 1.29 is 18.9 Å². The smallest absolute Gasteiger partial charge is 0.276 e. The van der Waals surface area contributed by atoms with E-state index in [1.807, 2.05) is 0 Å². The van der Waals surface area contributed by atoms with E-state index in [-0.39, 0.29) is 22.0 Å². The first kappa shape index (κ1) is 21.4. The van der Waals surface area contributed by atoms with Crippen molar-refractivity contribution in [2.75, 3.05) is 10.9 Å². The van der Waals surface area contributed by atoms with Gasteiger partial charge in [-0.2, -0.15) is 0 Å². The van der Waals surface area contributed by atoms with Crippen LogP contribution in [0, 0.1) is 15.9 Å². The molecule has 0 atom stereocenters. The molecule has 0 spiro atoms. The van der Waals surface area contributed by atoms with Crippen LogP contribution in [-0.4, -0.2) is 26.7 Å². The Morgan fingerprint density at radius 3 is 1.97 bits per heavy atom. The van der Waals surface area contributed by atoms with Crippen LogP contribution in [-0.2, 0) is 0 Å². The highest BCUT2D eigenvalue weighted by molar-refractivity contribution is 6.33. The third kappa shape index (κ3) is 5.00. The SMILES string of the molecule is O=C(NNc1ncnc(NNC(=O)c2ccccc2Cl)c1[N+](=O)[O-])c1ccccc1F. The van der Waals surface area contributed by atoms with E-state index in [4.69, 9.17) is 11.6 Å². The first-order valence-corrected chi connectivity index (χ1v) is 8.87. The van der Waals surface area contributed by atoms with E-state index in [0.29, 0.717) is 0 Å². The molecule has 13 heteroatoms. The number of hydrogen-bond acceptors (Lipinski definition) is 8. The van der Waals surface area contributed by atoms with Gasteiger partial charge in [0.05, 0.1) is 21.1 Å². The Morgan fingerprint density at radius 2 is 1.42 bits per heavy atom. The quantitative estimate of drug-likeness (QED) is 0.320. The number of rotatable bonds is 7. The van der Waals surface area contributed by atoms with Gasteiger partial charge in [0.25, 0.3) is 11.8 Å². The largest absolute Gasteiger partial charge is 0.356 e. The van der Waals surface area contributed by atoms with Crippen molar-refractivity contribution in [3.63, 3.8) is 0 Å². The average Bonchev–Trinajstić information content (AvgIpc) is 2.76. The molecule has 31 heavy (non-hydrogen) atoms. The number of benzene rings is 2. The van der Waals surface area contributed by atoms with E-state index >= 15 is 0 Å². The fourth-order valence-electron chi connectivity index (χ4n) is 2.39. The van der Waals surface area contributed by atoms with Gasteiger partial charge in [0.1, 0.15) is 12.1 Å². The number of carbonyl (C=O) groups is 2. The number of amides is 2. The Bertz CT molecular complexity index is 1080. The van der Waals surface area contributed by atoms with Crippen molar-refractivity contribution in [1.29, 1.82) is 0 Å². The van der Waals surface area contributed by atoms with Crippen LogP contribution in [0.25, 0.3) is 0 Å². The lowest BCUT2D eigenvalue weighted by Crippen LogP contribution is -2.32. The lowest BCUT2D eigenvalue weighted by atomic mass is 10.2. The fraction of sp³-hybridized carbons (Fsp3) is 0. The van der Waals surface area contributed by atoms with Crippen LogP contribution < -0.4 is 21.7 Å². The maximum atomic E-state index is 13.7. The van der Waals surface area contributed by atoms with Crippen LogP contribution in [0.5, 0.6) is 0 Å². The zero-order valence-corrected chi connectivity index (χ0v) is 16.2. The molecule has 1 aromatic heterocycles. The number of nitrogens with one attached hydrogen (secondary N) is 4. The van der Waals surface area contributed by atoms with Gasteiger partial charge in [0.15, 0.2) is 0 Å². The normalized spacial score (nSPS) is 10.1. The predicted molar refractivity (Wildman–Crippen MR) is 109 cm³/mol. The molecule has 1 heterocycles. The molecule has 3 aromatic rings. The van der Waals surface area contributed by atoms with Crippen LogP contribution >= 0.6 is 11.6 Å². The van der Waals surface area contributed by atoms with Gasteiger partial charge >= 0.3 is 5.69 Å². The second kappa shape index (κ2) is 9.45. The first-order valence-electron chi connectivity index (χ1n) is 8.49. The summed E-state index contributed by atoms with van der Waals surface area (Å²) in [7, 11) is 0. The maximum Gasteiger partial charge on any atom is 0.356 e. The van der Waals surface area contributed by atoms with Gasteiger partial charge in [0.2, 0.25) is 11.6 Å². The highest BCUT2D eigenvalue weighted by Gasteiger charge is 2.24. The van der Waals surface area contributed by atoms with Gasteiger partial charge < -0.3 is 0 Å². The number of hydrogen-bond donors (Lipinski definition) is 4. The highest BCUT2D eigenvalue weighted by atomic mass is 35.5. The molecule has 0 fully saturated rings. The zero-order valence-electron chi connectivity index (χ0n) is 15.4. The molecule has 3 rings (SSSR count). The summed E-state index contributed by atoms with van der Waals surface area (Å²) in [6.07, 6.45) is 0.953. The average molecular weight is 446 g/mol. The Kier molecular flexibility index (Phi) is 6.52. The van der Waals surface area contributed by atoms with E-state index in [9.17, 15) is 24.1 Å². The first-order chi connectivity index (χ1) is 14.9. The van der Waals surface area contributed by atoms with Crippen LogP contribution in [0.4, 0.5) is 21.7 Å². The molecular formula is C18H13ClFN7O4. The third-order valence-corrected chi connectivity index (χ3v) is 4.16. The minimum Gasteiger partial charge on any atom is -0.276 e. The topological polar surface area (TPSA) is 151 Å². The molecule has 2 aromatic carbocycles. The van der Waals surface area contributed by atoms with Gasteiger partial charge in [-0.05, 0) is 24.3 Å². The summed E-state index contributed by atoms with van der Waals surface area (Å²) in [4.78, 5) is 42.4. The second-order valence-electron chi connectivity index (χ2n) is 5.79. The third-order valence-electron chi connectivity index (χ3n) is 3.83. The van der Waals surface area contributed by atoms with E-state index in [0.717, 1.165) is 12.4 Å². The molecular weight excluding hydrogens is 433 g/mol. The standard InChI is InChI=1S/C18H13ClFN7O4/c19-12-7-3-1-5-10(12)17(28)25-23-15-14(27(30)31)16(22-9-21-15)24-26-18(29)11-6-2-4-8-13(11)20/h1-9H,(H,25,28)(H,26,29)(H2,21,22,23,24). The molecule has 0 aliphatic heterocycles.